The van der Waals surface area contributed by atoms with Gasteiger partial charge in [0.05, 0.1) is 16.7 Å². The number of imidazole rings is 1. The molecular formula is C16H11N3. The SMILES string of the molecule is c1ccc2cc(-n3cnc4ccccc43)nc-2cc1. The van der Waals surface area contributed by atoms with Crippen LogP contribution in [0.3, 0.4) is 0 Å². The molecule has 19 heavy (non-hydrogen) atoms. The Balaban J connectivity index is 1.98. The molecule has 0 amide bonds. The Morgan fingerprint density at radius 2 is 1.68 bits per heavy atom. The third-order valence-corrected chi connectivity index (χ3v) is 3.27. The van der Waals surface area contributed by atoms with Crippen molar-refractivity contribution in [3.8, 4) is 17.1 Å². The second kappa shape index (κ2) is 3.92. The summed E-state index contributed by atoms with van der Waals surface area (Å²) < 4.78 is 2.02. The minimum atomic E-state index is 0.912. The molecule has 0 atom stereocenters. The van der Waals surface area contributed by atoms with E-state index in [9.17, 15) is 0 Å². The highest BCUT2D eigenvalue weighted by Gasteiger charge is 2.10. The van der Waals surface area contributed by atoms with Gasteiger partial charge in [0.2, 0.25) is 0 Å². The molecule has 0 saturated heterocycles. The van der Waals surface area contributed by atoms with Crippen molar-refractivity contribution in [3.05, 3.63) is 67.0 Å². The minimum Gasteiger partial charge on any atom is -0.283 e. The van der Waals surface area contributed by atoms with E-state index < -0.39 is 0 Å². The van der Waals surface area contributed by atoms with Crippen molar-refractivity contribution in [2.75, 3.05) is 0 Å². The first-order valence-corrected chi connectivity index (χ1v) is 6.20. The summed E-state index contributed by atoms with van der Waals surface area (Å²) in [4.78, 5) is 9.07. The first-order chi connectivity index (χ1) is 9.42. The van der Waals surface area contributed by atoms with Gasteiger partial charge in [0.15, 0.2) is 0 Å². The molecular weight excluding hydrogens is 234 g/mol. The van der Waals surface area contributed by atoms with E-state index in [0.29, 0.717) is 0 Å². The van der Waals surface area contributed by atoms with Gasteiger partial charge in [0.25, 0.3) is 0 Å². The lowest BCUT2D eigenvalue weighted by Crippen LogP contribution is -1.90. The van der Waals surface area contributed by atoms with E-state index in [2.05, 4.69) is 28.2 Å². The number of hydrogen-bond acceptors (Lipinski definition) is 2. The average molecular weight is 245 g/mol. The Morgan fingerprint density at radius 3 is 2.68 bits per heavy atom. The van der Waals surface area contributed by atoms with Crippen LogP contribution >= 0.6 is 0 Å². The van der Waals surface area contributed by atoms with Gasteiger partial charge in [0, 0.05) is 5.56 Å². The highest BCUT2D eigenvalue weighted by atomic mass is 15.1. The topological polar surface area (TPSA) is 30.7 Å². The third-order valence-electron chi connectivity index (χ3n) is 3.27. The van der Waals surface area contributed by atoms with Gasteiger partial charge in [-0.25, -0.2) is 9.97 Å². The van der Waals surface area contributed by atoms with Crippen LogP contribution in [0, 0.1) is 0 Å². The summed E-state index contributed by atoms with van der Waals surface area (Å²) in [6.45, 7) is 0. The van der Waals surface area contributed by atoms with Crippen molar-refractivity contribution < 1.29 is 0 Å². The number of benzene rings is 1. The van der Waals surface area contributed by atoms with E-state index in [-0.39, 0.29) is 0 Å². The van der Waals surface area contributed by atoms with Gasteiger partial charge in [-0.3, -0.25) is 4.57 Å². The lowest BCUT2D eigenvalue weighted by Gasteiger charge is -1.97. The van der Waals surface area contributed by atoms with E-state index in [4.69, 9.17) is 0 Å². The van der Waals surface area contributed by atoms with Crippen LogP contribution < -0.4 is 0 Å². The monoisotopic (exact) mass is 245 g/mol. The number of nitrogens with zero attached hydrogens (tertiary/aromatic N) is 3. The predicted molar refractivity (Wildman–Crippen MR) is 75.5 cm³/mol. The van der Waals surface area contributed by atoms with E-state index in [0.717, 1.165) is 28.1 Å². The van der Waals surface area contributed by atoms with E-state index in [1.54, 1.807) is 0 Å². The summed E-state index contributed by atoms with van der Waals surface area (Å²) in [6, 6.07) is 20.3. The number of aromatic nitrogens is 3. The fourth-order valence-corrected chi connectivity index (χ4v) is 2.34. The molecule has 4 rings (SSSR count). The maximum Gasteiger partial charge on any atom is 0.139 e. The molecule has 0 unspecified atom stereocenters. The molecule has 0 bridgehead atoms. The summed E-state index contributed by atoms with van der Waals surface area (Å²) in [5.41, 5.74) is 4.20. The van der Waals surface area contributed by atoms with Crippen molar-refractivity contribution in [1.82, 2.24) is 14.5 Å². The molecule has 1 aliphatic carbocycles. The molecule has 1 aromatic carbocycles. The zero-order valence-corrected chi connectivity index (χ0v) is 10.2. The van der Waals surface area contributed by atoms with Gasteiger partial charge in [-0.2, -0.15) is 0 Å². The highest BCUT2D eigenvalue weighted by Crippen LogP contribution is 2.25. The van der Waals surface area contributed by atoms with E-state index in [1.165, 1.54) is 0 Å². The smallest absolute Gasteiger partial charge is 0.139 e. The summed E-state index contributed by atoms with van der Waals surface area (Å²) in [5, 5.41) is 0. The van der Waals surface area contributed by atoms with Gasteiger partial charge in [-0.05, 0) is 24.3 Å². The molecule has 1 aromatic heterocycles. The van der Waals surface area contributed by atoms with Crippen molar-refractivity contribution in [2.45, 2.75) is 0 Å². The summed E-state index contributed by atoms with van der Waals surface area (Å²) in [5.74, 6) is 0.912. The second-order valence-corrected chi connectivity index (χ2v) is 4.47. The normalized spacial score (nSPS) is 11.2. The van der Waals surface area contributed by atoms with Gasteiger partial charge in [0.1, 0.15) is 12.1 Å². The fraction of sp³-hybridized carbons (Fsp3) is 0. The number of rotatable bonds is 1. The molecule has 2 aliphatic rings. The van der Waals surface area contributed by atoms with Crippen LogP contribution in [0.15, 0.2) is 67.0 Å². The Morgan fingerprint density at radius 1 is 0.842 bits per heavy atom. The van der Waals surface area contributed by atoms with Crippen molar-refractivity contribution in [3.63, 3.8) is 0 Å². The number of para-hydroxylation sites is 2. The van der Waals surface area contributed by atoms with Crippen LogP contribution in [-0.2, 0) is 0 Å². The molecule has 0 saturated carbocycles. The zero-order valence-electron chi connectivity index (χ0n) is 10.2. The van der Waals surface area contributed by atoms with Crippen molar-refractivity contribution in [1.29, 1.82) is 0 Å². The highest BCUT2D eigenvalue weighted by molar-refractivity contribution is 5.78. The molecule has 0 fully saturated rings. The quantitative estimate of drug-likeness (QED) is 0.513. The van der Waals surface area contributed by atoms with Crippen molar-refractivity contribution in [2.24, 2.45) is 0 Å². The fourth-order valence-electron chi connectivity index (χ4n) is 2.34. The van der Waals surface area contributed by atoms with Crippen LogP contribution in [0.4, 0.5) is 0 Å². The molecule has 2 heterocycles. The molecule has 3 nitrogen and oxygen atoms in total. The second-order valence-electron chi connectivity index (χ2n) is 4.47. The molecule has 3 heteroatoms. The Labute approximate surface area is 110 Å². The Hall–Kier alpha value is -2.68. The maximum absolute atomic E-state index is 4.67. The van der Waals surface area contributed by atoms with Crippen LogP contribution in [0.1, 0.15) is 0 Å². The molecule has 0 spiro atoms. The van der Waals surface area contributed by atoms with Crippen LogP contribution in [0.25, 0.3) is 28.1 Å². The summed E-state index contributed by atoms with van der Waals surface area (Å²) >= 11 is 0. The van der Waals surface area contributed by atoms with Gasteiger partial charge >= 0.3 is 0 Å². The van der Waals surface area contributed by atoms with Crippen molar-refractivity contribution >= 4 is 11.0 Å². The van der Waals surface area contributed by atoms with Gasteiger partial charge < -0.3 is 0 Å². The largest absolute Gasteiger partial charge is 0.283 e. The van der Waals surface area contributed by atoms with Gasteiger partial charge in [-0.15, -0.1) is 0 Å². The standard InChI is InChI=1S/C16H11N3/c1-2-6-12-10-16(18-13(12)7-3-1)19-11-17-14-8-4-5-9-15(14)19/h1-11H. The first kappa shape index (κ1) is 10.3. The lowest BCUT2D eigenvalue weighted by atomic mass is 10.2. The predicted octanol–water partition coefficient (Wildman–Crippen LogP) is 3.53. The Kier molecular flexibility index (Phi) is 2.12. The van der Waals surface area contributed by atoms with Gasteiger partial charge in [-0.1, -0.05) is 36.4 Å². The molecule has 0 radical (unpaired) electrons. The first-order valence-electron chi connectivity index (χ1n) is 6.20. The Bertz CT molecular complexity index is 801. The lowest BCUT2D eigenvalue weighted by molar-refractivity contribution is 1.04. The summed E-state index contributed by atoms with van der Waals surface area (Å²) in [7, 11) is 0. The van der Waals surface area contributed by atoms with E-state index in [1.807, 2.05) is 53.4 Å². The summed E-state index contributed by atoms with van der Waals surface area (Å²) in [6.07, 6.45) is 1.83. The average Bonchev–Trinajstić information content (AvgIpc) is 2.97. The molecule has 2 aromatic rings. The zero-order chi connectivity index (χ0) is 12.7. The maximum atomic E-state index is 4.67. The molecule has 90 valence electrons. The molecule has 0 N–H and O–H groups in total. The van der Waals surface area contributed by atoms with Crippen LogP contribution in [0.5, 0.6) is 0 Å². The van der Waals surface area contributed by atoms with E-state index >= 15 is 0 Å². The number of fused-ring (bicyclic) bond motifs is 2. The van der Waals surface area contributed by atoms with Crippen LogP contribution in [-0.4, -0.2) is 14.5 Å². The van der Waals surface area contributed by atoms with Crippen LogP contribution in [0.2, 0.25) is 0 Å². The number of hydrogen-bond donors (Lipinski definition) is 0. The third kappa shape index (κ3) is 1.59. The molecule has 1 aliphatic heterocycles. The minimum absolute atomic E-state index is 0.912.